The van der Waals surface area contributed by atoms with Crippen LogP contribution >= 0.6 is 11.6 Å². The molecule has 146 valence electrons. The van der Waals surface area contributed by atoms with Gasteiger partial charge in [0.15, 0.2) is 0 Å². The SMILES string of the molecule is CCOC(=O)CN(Cc1ccc(Cl)cc1)S(=O)(=O)c1c(C)cc(C)cc1C. The second kappa shape index (κ2) is 8.87. The highest BCUT2D eigenvalue weighted by molar-refractivity contribution is 7.89. The van der Waals surface area contributed by atoms with E-state index < -0.39 is 16.0 Å². The molecule has 0 radical (unpaired) electrons. The van der Waals surface area contributed by atoms with Crippen molar-refractivity contribution in [1.29, 1.82) is 0 Å². The number of ether oxygens (including phenoxy) is 1. The molecule has 0 aromatic heterocycles. The van der Waals surface area contributed by atoms with Gasteiger partial charge in [-0.3, -0.25) is 4.79 Å². The maximum absolute atomic E-state index is 13.4. The fourth-order valence-electron chi connectivity index (χ4n) is 3.07. The summed E-state index contributed by atoms with van der Waals surface area (Å²) in [4.78, 5) is 12.3. The first-order chi connectivity index (χ1) is 12.6. The molecule has 0 fully saturated rings. The molecule has 0 aliphatic rings. The molecule has 0 saturated carbocycles. The van der Waals surface area contributed by atoms with Gasteiger partial charge in [0.05, 0.1) is 11.5 Å². The monoisotopic (exact) mass is 409 g/mol. The van der Waals surface area contributed by atoms with E-state index in [4.69, 9.17) is 16.3 Å². The summed E-state index contributed by atoms with van der Waals surface area (Å²) in [7, 11) is -3.90. The fourth-order valence-corrected chi connectivity index (χ4v) is 4.98. The fraction of sp³-hybridized carbons (Fsp3) is 0.350. The Morgan fingerprint density at radius 1 is 1.07 bits per heavy atom. The van der Waals surface area contributed by atoms with Crippen LogP contribution in [0.15, 0.2) is 41.3 Å². The van der Waals surface area contributed by atoms with Gasteiger partial charge < -0.3 is 4.74 Å². The Bertz CT molecular complexity index is 900. The number of halogens is 1. The van der Waals surface area contributed by atoms with Crippen LogP contribution in [0.5, 0.6) is 0 Å². The maximum Gasteiger partial charge on any atom is 0.321 e. The van der Waals surface area contributed by atoms with E-state index in [0.29, 0.717) is 16.1 Å². The van der Waals surface area contributed by atoms with Gasteiger partial charge >= 0.3 is 5.97 Å². The Kier molecular flexibility index (Phi) is 7.03. The minimum absolute atomic E-state index is 0.0467. The summed E-state index contributed by atoms with van der Waals surface area (Å²) in [6.45, 7) is 7.01. The number of rotatable bonds is 7. The lowest BCUT2D eigenvalue weighted by molar-refractivity contribution is -0.143. The third-order valence-electron chi connectivity index (χ3n) is 4.09. The predicted octanol–water partition coefficient (Wildman–Crippen LogP) is 4.02. The maximum atomic E-state index is 13.4. The zero-order valence-corrected chi connectivity index (χ0v) is 17.5. The van der Waals surface area contributed by atoms with Gasteiger partial charge in [0, 0.05) is 11.6 Å². The van der Waals surface area contributed by atoms with Crippen molar-refractivity contribution in [1.82, 2.24) is 4.31 Å². The Morgan fingerprint density at radius 3 is 2.15 bits per heavy atom. The number of carbonyl (C=O) groups is 1. The lowest BCUT2D eigenvalue weighted by atomic mass is 10.1. The minimum Gasteiger partial charge on any atom is -0.465 e. The number of hydrogen-bond donors (Lipinski definition) is 0. The van der Waals surface area contributed by atoms with Gasteiger partial charge in [0.2, 0.25) is 10.0 Å². The molecule has 0 atom stereocenters. The van der Waals surface area contributed by atoms with Crippen LogP contribution in [0.25, 0.3) is 0 Å². The molecule has 0 saturated heterocycles. The predicted molar refractivity (Wildman–Crippen MR) is 106 cm³/mol. The van der Waals surface area contributed by atoms with E-state index in [-0.39, 0.29) is 24.6 Å². The van der Waals surface area contributed by atoms with E-state index in [9.17, 15) is 13.2 Å². The number of sulfonamides is 1. The highest BCUT2D eigenvalue weighted by atomic mass is 35.5. The van der Waals surface area contributed by atoms with Crippen molar-refractivity contribution in [3.63, 3.8) is 0 Å². The van der Waals surface area contributed by atoms with Crippen LogP contribution in [0.1, 0.15) is 29.2 Å². The molecule has 2 rings (SSSR count). The molecule has 0 heterocycles. The average molecular weight is 410 g/mol. The summed E-state index contributed by atoms with van der Waals surface area (Å²) in [5.74, 6) is -0.586. The van der Waals surface area contributed by atoms with E-state index >= 15 is 0 Å². The highest BCUT2D eigenvalue weighted by Gasteiger charge is 2.30. The summed E-state index contributed by atoms with van der Waals surface area (Å²) in [5.41, 5.74) is 3.02. The van der Waals surface area contributed by atoms with Gasteiger partial charge in [0.1, 0.15) is 6.54 Å². The number of aryl methyl sites for hydroxylation is 3. The van der Waals surface area contributed by atoms with E-state index in [1.807, 2.05) is 19.1 Å². The Morgan fingerprint density at radius 2 is 1.63 bits per heavy atom. The van der Waals surface area contributed by atoms with Crippen LogP contribution in [0.2, 0.25) is 5.02 Å². The molecule has 0 N–H and O–H groups in total. The first-order valence-corrected chi connectivity index (χ1v) is 10.4. The molecule has 5 nitrogen and oxygen atoms in total. The Hall–Kier alpha value is -1.89. The van der Waals surface area contributed by atoms with Gasteiger partial charge in [0.25, 0.3) is 0 Å². The van der Waals surface area contributed by atoms with E-state index in [2.05, 4.69) is 0 Å². The van der Waals surface area contributed by atoms with Crippen molar-refractivity contribution in [2.24, 2.45) is 0 Å². The van der Waals surface area contributed by atoms with Crippen molar-refractivity contribution in [3.05, 3.63) is 63.7 Å². The summed E-state index contributed by atoms with van der Waals surface area (Å²) < 4.78 is 32.9. The summed E-state index contributed by atoms with van der Waals surface area (Å²) >= 11 is 5.91. The normalized spacial score (nSPS) is 11.6. The van der Waals surface area contributed by atoms with Crippen LogP contribution in [-0.4, -0.2) is 31.8 Å². The second-order valence-corrected chi connectivity index (χ2v) is 8.74. The smallest absolute Gasteiger partial charge is 0.321 e. The quantitative estimate of drug-likeness (QED) is 0.648. The third-order valence-corrected chi connectivity index (χ3v) is 6.44. The molecular weight excluding hydrogens is 386 g/mol. The third kappa shape index (κ3) is 5.31. The number of hydrogen-bond acceptors (Lipinski definition) is 4. The van der Waals surface area contributed by atoms with Gasteiger partial charge in [-0.1, -0.05) is 41.4 Å². The molecular formula is C20H24ClNO4S. The summed E-state index contributed by atoms with van der Waals surface area (Å²) in [6.07, 6.45) is 0. The zero-order chi connectivity index (χ0) is 20.2. The molecule has 7 heteroatoms. The van der Waals surface area contributed by atoms with Gasteiger partial charge in [-0.15, -0.1) is 0 Å². The Balaban J connectivity index is 2.47. The van der Waals surface area contributed by atoms with Crippen molar-refractivity contribution in [3.8, 4) is 0 Å². The van der Waals surface area contributed by atoms with Gasteiger partial charge in [-0.05, 0) is 56.5 Å². The number of carbonyl (C=O) groups excluding carboxylic acids is 1. The van der Waals surface area contributed by atoms with Crippen molar-refractivity contribution < 1.29 is 17.9 Å². The second-order valence-electron chi connectivity index (χ2n) is 6.43. The summed E-state index contributed by atoms with van der Waals surface area (Å²) in [6, 6.07) is 10.5. The average Bonchev–Trinajstić information content (AvgIpc) is 2.55. The van der Waals surface area contributed by atoms with E-state index in [1.54, 1.807) is 45.0 Å². The summed E-state index contributed by atoms with van der Waals surface area (Å²) in [5, 5.41) is 0.559. The van der Waals surface area contributed by atoms with Gasteiger partial charge in [-0.25, -0.2) is 8.42 Å². The molecule has 0 spiro atoms. The van der Waals surface area contributed by atoms with Crippen LogP contribution in [0, 0.1) is 20.8 Å². The number of esters is 1. The molecule has 27 heavy (non-hydrogen) atoms. The van der Waals surface area contributed by atoms with Crippen LogP contribution in [0.4, 0.5) is 0 Å². The standard InChI is InChI=1S/C20H24ClNO4S/c1-5-26-19(23)13-22(12-17-6-8-18(21)9-7-17)27(24,25)20-15(3)10-14(2)11-16(20)4/h6-11H,5,12-13H2,1-4H3. The molecule has 0 bridgehead atoms. The molecule has 0 aliphatic heterocycles. The minimum atomic E-state index is -3.90. The topological polar surface area (TPSA) is 63.7 Å². The number of nitrogens with zero attached hydrogens (tertiary/aromatic N) is 1. The van der Waals surface area contributed by atoms with Crippen molar-refractivity contribution >= 4 is 27.6 Å². The van der Waals surface area contributed by atoms with E-state index in [1.165, 1.54) is 0 Å². The molecule has 2 aromatic carbocycles. The molecule has 0 aliphatic carbocycles. The van der Waals surface area contributed by atoms with Crippen molar-refractivity contribution in [2.75, 3.05) is 13.2 Å². The lowest BCUT2D eigenvalue weighted by Gasteiger charge is -2.24. The first-order valence-electron chi connectivity index (χ1n) is 8.63. The number of benzene rings is 2. The van der Waals surface area contributed by atoms with Crippen molar-refractivity contribution in [2.45, 2.75) is 39.1 Å². The van der Waals surface area contributed by atoms with Crippen LogP contribution in [-0.2, 0) is 26.1 Å². The highest BCUT2D eigenvalue weighted by Crippen LogP contribution is 2.26. The first kappa shape index (κ1) is 21.4. The largest absolute Gasteiger partial charge is 0.465 e. The van der Waals surface area contributed by atoms with Gasteiger partial charge in [-0.2, -0.15) is 4.31 Å². The zero-order valence-electron chi connectivity index (χ0n) is 16.0. The Labute approximate surface area is 166 Å². The molecule has 0 unspecified atom stereocenters. The molecule has 0 amide bonds. The molecule has 2 aromatic rings. The lowest BCUT2D eigenvalue weighted by Crippen LogP contribution is -2.36. The van der Waals surface area contributed by atoms with E-state index in [0.717, 1.165) is 15.4 Å². The van der Waals surface area contributed by atoms with Crippen LogP contribution in [0.3, 0.4) is 0 Å². The van der Waals surface area contributed by atoms with Crippen LogP contribution < -0.4 is 0 Å².